The molecule has 0 N–H and O–H groups in total. The molecule has 0 aliphatic carbocycles. The Morgan fingerprint density at radius 1 is 0.825 bits per heavy atom. The summed E-state index contributed by atoms with van der Waals surface area (Å²) in [7, 11) is 0. The number of esters is 1. The van der Waals surface area contributed by atoms with Crippen LogP contribution in [0.25, 0.3) is 12.2 Å². The van der Waals surface area contributed by atoms with Gasteiger partial charge < -0.3 is 14.6 Å². The van der Waals surface area contributed by atoms with Crippen LogP contribution in [-0.2, 0) is 4.74 Å². The zero-order chi connectivity index (χ0) is 28.6. The third-order valence-corrected chi connectivity index (χ3v) is 4.87. The number of hydrogen-bond donors (Lipinski definition) is 0. The fourth-order valence-corrected chi connectivity index (χ4v) is 2.92. The number of aromatic nitrogens is 2. The van der Waals surface area contributed by atoms with Crippen molar-refractivity contribution in [3.8, 4) is 0 Å². The van der Waals surface area contributed by atoms with E-state index < -0.39 is 5.97 Å². The summed E-state index contributed by atoms with van der Waals surface area (Å²) in [4.78, 5) is 40.0. The number of nitrogens with zero attached hydrogens (tertiary/aromatic N) is 2. The molecule has 2 aromatic heterocycles. The summed E-state index contributed by atoms with van der Waals surface area (Å²) in [6.45, 7) is 3.96. The van der Waals surface area contributed by atoms with Crippen LogP contribution in [0, 0.1) is 18.6 Å². The Bertz CT molecular complexity index is 1410. The third kappa shape index (κ3) is 11.8. The van der Waals surface area contributed by atoms with Crippen molar-refractivity contribution in [3.05, 3.63) is 130 Å². The number of aromatic carboxylic acids is 1. The van der Waals surface area contributed by atoms with Crippen LogP contribution in [0.4, 0.5) is 8.78 Å². The molecule has 2 aromatic carbocycles. The van der Waals surface area contributed by atoms with Crippen molar-refractivity contribution < 1.29 is 62.6 Å². The number of benzene rings is 2. The van der Waals surface area contributed by atoms with Crippen LogP contribution in [0.3, 0.4) is 0 Å². The maximum Gasteiger partial charge on any atom is 1.00 e. The number of carbonyl (C=O) groups is 3. The first kappa shape index (κ1) is 34.0. The van der Waals surface area contributed by atoms with Gasteiger partial charge in [-0.05, 0) is 86.2 Å². The molecule has 0 saturated carbocycles. The Kier molecular flexibility index (Phi) is 15.5. The van der Waals surface area contributed by atoms with Crippen LogP contribution < -0.4 is 34.7 Å². The molecule has 0 fully saturated rings. The topological polar surface area (TPSA) is 109 Å². The number of carboxylic acid groups (broad SMARTS) is 1. The molecule has 0 radical (unpaired) electrons. The van der Waals surface area contributed by atoms with Crippen molar-refractivity contribution in [1.82, 2.24) is 9.97 Å². The molecule has 200 valence electrons. The summed E-state index contributed by atoms with van der Waals surface area (Å²) >= 11 is 0. The van der Waals surface area contributed by atoms with Gasteiger partial charge in [0.25, 0.3) is 0 Å². The van der Waals surface area contributed by atoms with Crippen LogP contribution in [-0.4, -0.2) is 34.8 Å². The van der Waals surface area contributed by atoms with Gasteiger partial charge in [-0.3, -0.25) is 14.8 Å². The number of aryl methyl sites for hydroxylation is 1. The normalized spacial score (nSPS) is 9.70. The number of halogens is 2. The average molecular weight is 555 g/mol. The molecule has 0 unspecified atom stereocenters. The van der Waals surface area contributed by atoms with E-state index in [1.54, 1.807) is 56.5 Å². The average Bonchev–Trinajstić information content (AvgIpc) is 2.94. The number of carboxylic acids is 1. The number of rotatable bonds is 6. The first-order chi connectivity index (χ1) is 18.7. The maximum atomic E-state index is 12.7. The summed E-state index contributed by atoms with van der Waals surface area (Å²) in [5, 5.41) is 10.8. The first-order valence-electron chi connectivity index (χ1n) is 11.6. The van der Waals surface area contributed by atoms with Crippen molar-refractivity contribution in [2.75, 3.05) is 6.61 Å². The Hall–Kier alpha value is -4.05. The molecule has 0 bridgehead atoms. The molecular weight excluding hydrogens is 529 g/mol. The standard InChI is InChI=1S/C14H10FNO2.C9H11NO2.C7H5FO.Na/c15-11-6-3-10(4-7-11)5-8-13-12(14(17)18)2-1-9-16-13;1-3-12-9(11)8-5-4-6-10-7(8)2;8-7-3-1-6(5-9)2-4-7;/h1-9H,(H,17,18);4-6H,3H2,1-2H3;1-5H;/q;;;+1/p-1/b8-5+;;;. The Morgan fingerprint density at radius 3 is 1.85 bits per heavy atom. The minimum atomic E-state index is -1.28. The smallest absolute Gasteiger partial charge is 0.545 e. The summed E-state index contributed by atoms with van der Waals surface area (Å²) < 4.78 is 29.6. The molecule has 40 heavy (non-hydrogen) atoms. The molecule has 4 rings (SSSR count). The molecule has 10 heteroatoms. The van der Waals surface area contributed by atoms with Crippen molar-refractivity contribution in [2.45, 2.75) is 13.8 Å². The largest absolute Gasteiger partial charge is 1.00 e. The third-order valence-electron chi connectivity index (χ3n) is 4.87. The second-order valence-corrected chi connectivity index (χ2v) is 7.63. The molecule has 0 atom stereocenters. The number of pyridine rings is 2. The number of aldehydes is 1. The number of carbonyl (C=O) groups excluding carboxylic acids is 3. The Morgan fingerprint density at radius 2 is 1.35 bits per heavy atom. The Balaban J connectivity index is 0.000000317. The zero-order valence-electron chi connectivity index (χ0n) is 22.2. The van der Waals surface area contributed by atoms with E-state index in [1.165, 1.54) is 54.7 Å². The second-order valence-electron chi connectivity index (χ2n) is 7.63. The zero-order valence-corrected chi connectivity index (χ0v) is 24.2. The molecule has 4 aromatic rings. The van der Waals surface area contributed by atoms with Crippen LogP contribution >= 0.6 is 0 Å². The van der Waals surface area contributed by atoms with E-state index in [9.17, 15) is 28.3 Å². The van der Waals surface area contributed by atoms with Gasteiger partial charge in [0.05, 0.1) is 29.5 Å². The number of hydrogen-bond acceptors (Lipinski definition) is 7. The van der Waals surface area contributed by atoms with E-state index >= 15 is 0 Å². The van der Waals surface area contributed by atoms with Crippen LogP contribution in [0.5, 0.6) is 0 Å². The molecule has 0 aliphatic rings. The summed E-state index contributed by atoms with van der Waals surface area (Å²) in [5.41, 5.74) is 2.83. The van der Waals surface area contributed by atoms with E-state index in [2.05, 4.69) is 9.97 Å². The SMILES string of the molecule is CCOC(=O)c1cccnc1C.O=C([O-])c1cccnc1/C=C/c1ccc(F)cc1.O=Cc1ccc(F)cc1.[Na+]. The van der Waals surface area contributed by atoms with E-state index in [1.807, 2.05) is 0 Å². The summed E-state index contributed by atoms with van der Waals surface area (Å²) in [6.07, 6.45) is 7.04. The second kappa shape index (κ2) is 18.3. The van der Waals surface area contributed by atoms with Gasteiger partial charge in [0.1, 0.15) is 17.9 Å². The first-order valence-corrected chi connectivity index (χ1v) is 11.6. The van der Waals surface area contributed by atoms with Crippen molar-refractivity contribution in [2.24, 2.45) is 0 Å². The van der Waals surface area contributed by atoms with E-state index in [-0.39, 0.29) is 52.7 Å². The van der Waals surface area contributed by atoms with Crippen LogP contribution in [0.15, 0.2) is 85.2 Å². The van der Waals surface area contributed by atoms with Gasteiger partial charge in [-0.15, -0.1) is 0 Å². The summed E-state index contributed by atoms with van der Waals surface area (Å²) in [6, 6.07) is 17.6. The molecule has 2 heterocycles. The number of ether oxygens (including phenoxy) is 1. The maximum absolute atomic E-state index is 12.7. The molecule has 0 saturated heterocycles. The van der Waals surface area contributed by atoms with Gasteiger partial charge in [-0.2, -0.15) is 0 Å². The van der Waals surface area contributed by atoms with Crippen molar-refractivity contribution in [1.29, 1.82) is 0 Å². The minimum absolute atomic E-state index is 0. The predicted octanol–water partition coefficient (Wildman–Crippen LogP) is 1.96. The van der Waals surface area contributed by atoms with Crippen LogP contribution in [0.2, 0.25) is 0 Å². The van der Waals surface area contributed by atoms with Gasteiger partial charge in [0.2, 0.25) is 0 Å². The molecule has 0 aliphatic heterocycles. The monoisotopic (exact) mass is 554 g/mol. The molecule has 7 nitrogen and oxygen atoms in total. The quantitative estimate of drug-likeness (QED) is 0.204. The van der Waals surface area contributed by atoms with E-state index in [0.29, 0.717) is 35.4 Å². The molecular formula is C30H25F2N2NaO5. The van der Waals surface area contributed by atoms with E-state index in [4.69, 9.17) is 4.74 Å². The van der Waals surface area contributed by atoms with Gasteiger partial charge in [-0.1, -0.05) is 18.2 Å². The molecule has 0 spiro atoms. The predicted molar refractivity (Wildman–Crippen MR) is 141 cm³/mol. The summed E-state index contributed by atoms with van der Waals surface area (Å²) in [5.74, 6) is -2.22. The molecule has 0 amide bonds. The van der Waals surface area contributed by atoms with Crippen molar-refractivity contribution >= 4 is 30.4 Å². The van der Waals surface area contributed by atoms with Gasteiger partial charge in [0.15, 0.2) is 0 Å². The van der Waals surface area contributed by atoms with Crippen LogP contribution in [0.1, 0.15) is 54.9 Å². The van der Waals surface area contributed by atoms with Crippen molar-refractivity contribution in [3.63, 3.8) is 0 Å². The Labute approximate surface area is 252 Å². The van der Waals surface area contributed by atoms with Gasteiger partial charge in [-0.25, -0.2) is 13.6 Å². The minimum Gasteiger partial charge on any atom is -0.545 e. The van der Waals surface area contributed by atoms with E-state index in [0.717, 1.165) is 5.56 Å². The van der Waals surface area contributed by atoms with Gasteiger partial charge >= 0.3 is 35.5 Å². The fourth-order valence-electron chi connectivity index (χ4n) is 2.92. The fraction of sp³-hybridized carbons (Fsp3) is 0.100. The van der Waals surface area contributed by atoms with Gasteiger partial charge in [0, 0.05) is 23.5 Å².